The van der Waals surface area contributed by atoms with Gasteiger partial charge in [0.2, 0.25) is 0 Å². The summed E-state index contributed by atoms with van der Waals surface area (Å²) in [4.78, 5) is 2.46. The van der Waals surface area contributed by atoms with Crippen molar-refractivity contribution in [2.24, 2.45) is 5.92 Å². The van der Waals surface area contributed by atoms with Gasteiger partial charge in [0.15, 0.2) is 0 Å². The topological polar surface area (TPSA) is 37.6 Å². The normalized spacial score (nSPS) is 21.2. The molecule has 4 heteroatoms. The van der Waals surface area contributed by atoms with Crippen molar-refractivity contribution < 1.29 is 9.15 Å². The first-order chi connectivity index (χ1) is 9.16. The van der Waals surface area contributed by atoms with E-state index >= 15 is 0 Å². The average molecular weight is 266 g/mol. The fourth-order valence-corrected chi connectivity index (χ4v) is 2.35. The molecule has 1 aliphatic rings. The zero-order valence-corrected chi connectivity index (χ0v) is 12.3. The molecule has 0 spiro atoms. The zero-order valence-electron chi connectivity index (χ0n) is 12.3. The van der Waals surface area contributed by atoms with Crippen LogP contribution in [-0.2, 0) is 17.8 Å². The minimum absolute atomic E-state index is 0.486. The Bertz CT molecular complexity index is 376. The summed E-state index contributed by atoms with van der Waals surface area (Å²) in [7, 11) is 0. The SMILES string of the molecule is CC(C)CNCc1occc1CN1CCOCC1C. The van der Waals surface area contributed by atoms with Crippen LogP contribution in [0.15, 0.2) is 16.7 Å². The van der Waals surface area contributed by atoms with Crippen molar-refractivity contribution in [1.82, 2.24) is 10.2 Å². The van der Waals surface area contributed by atoms with Crippen LogP contribution in [0.25, 0.3) is 0 Å². The predicted octanol–water partition coefficient (Wildman–Crippen LogP) is 2.25. The van der Waals surface area contributed by atoms with Crippen molar-refractivity contribution in [3.05, 3.63) is 23.7 Å². The number of nitrogens with one attached hydrogen (secondary N) is 1. The predicted molar refractivity (Wildman–Crippen MR) is 75.9 cm³/mol. The number of hydrogen-bond donors (Lipinski definition) is 1. The Hall–Kier alpha value is -0.840. The Morgan fingerprint density at radius 3 is 3.05 bits per heavy atom. The highest BCUT2D eigenvalue weighted by Gasteiger charge is 2.20. The van der Waals surface area contributed by atoms with Gasteiger partial charge >= 0.3 is 0 Å². The van der Waals surface area contributed by atoms with Gasteiger partial charge in [-0.25, -0.2) is 0 Å². The molecule has 2 rings (SSSR count). The van der Waals surface area contributed by atoms with Gasteiger partial charge in [0.25, 0.3) is 0 Å². The van der Waals surface area contributed by atoms with Crippen LogP contribution in [0.5, 0.6) is 0 Å². The maximum Gasteiger partial charge on any atom is 0.122 e. The van der Waals surface area contributed by atoms with Gasteiger partial charge < -0.3 is 14.5 Å². The minimum Gasteiger partial charge on any atom is -0.468 e. The van der Waals surface area contributed by atoms with E-state index in [1.807, 2.05) is 0 Å². The lowest BCUT2D eigenvalue weighted by atomic mass is 10.1. The monoisotopic (exact) mass is 266 g/mol. The van der Waals surface area contributed by atoms with Crippen molar-refractivity contribution in [3.63, 3.8) is 0 Å². The Balaban J connectivity index is 1.87. The second-order valence-corrected chi connectivity index (χ2v) is 5.79. The molecule has 1 aromatic rings. The van der Waals surface area contributed by atoms with Gasteiger partial charge in [-0.05, 0) is 25.5 Å². The van der Waals surface area contributed by atoms with Crippen molar-refractivity contribution in [2.45, 2.75) is 39.9 Å². The first-order valence-electron chi connectivity index (χ1n) is 7.24. The smallest absolute Gasteiger partial charge is 0.122 e. The molecule has 0 amide bonds. The van der Waals surface area contributed by atoms with E-state index in [0.717, 1.165) is 45.2 Å². The van der Waals surface area contributed by atoms with Crippen molar-refractivity contribution >= 4 is 0 Å². The average Bonchev–Trinajstić information content (AvgIpc) is 2.79. The van der Waals surface area contributed by atoms with Gasteiger partial charge in [0.1, 0.15) is 5.76 Å². The summed E-state index contributed by atoms with van der Waals surface area (Å²) in [5, 5.41) is 3.44. The highest BCUT2D eigenvalue weighted by atomic mass is 16.5. The van der Waals surface area contributed by atoms with Gasteiger partial charge in [0.05, 0.1) is 26.0 Å². The first kappa shape index (κ1) is 14.6. The van der Waals surface area contributed by atoms with E-state index in [1.54, 1.807) is 6.26 Å². The van der Waals surface area contributed by atoms with Crippen LogP contribution in [0.3, 0.4) is 0 Å². The summed E-state index contributed by atoms with van der Waals surface area (Å²) in [6.45, 7) is 12.1. The van der Waals surface area contributed by atoms with E-state index in [2.05, 4.69) is 37.1 Å². The molecule has 4 nitrogen and oxygen atoms in total. The fourth-order valence-electron chi connectivity index (χ4n) is 2.35. The number of ether oxygens (including phenoxy) is 1. The molecule has 108 valence electrons. The van der Waals surface area contributed by atoms with E-state index in [0.29, 0.717) is 12.0 Å². The molecule has 1 N–H and O–H groups in total. The summed E-state index contributed by atoms with van der Waals surface area (Å²) in [5.41, 5.74) is 1.30. The van der Waals surface area contributed by atoms with Crippen molar-refractivity contribution in [2.75, 3.05) is 26.3 Å². The van der Waals surface area contributed by atoms with E-state index in [4.69, 9.17) is 9.15 Å². The van der Waals surface area contributed by atoms with Crippen LogP contribution < -0.4 is 5.32 Å². The molecule has 1 aromatic heterocycles. The number of hydrogen-bond acceptors (Lipinski definition) is 4. The van der Waals surface area contributed by atoms with Gasteiger partial charge in [-0.3, -0.25) is 4.90 Å². The maximum absolute atomic E-state index is 5.60. The summed E-state index contributed by atoms with van der Waals surface area (Å²) >= 11 is 0. The molecule has 19 heavy (non-hydrogen) atoms. The third-order valence-electron chi connectivity index (χ3n) is 3.55. The van der Waals surface area contributed by atoms with Gasteiger partial charge in [-0.15, -0.1) is 0 Å². The second kappa shape index (κ2) is 7.08. The van der Waals surface area contributed by atoms with E-state index in [9.17, 15) is 0 Å². The standard InChI is InChI=1S/C15H26N2O2/c1-12(2)8-16-9-15-14(4-6-19-15)10-17-5-7-18-11-13(17)3/h4,6,12-13,16H,5,7-11H2,1-3H3. The highest BCUT2D eigenvalue weighted by molar-refractivity contribution is 5.17. The fraction of sp³-hybridized carbons (Fsp3) is 0.733. The molecule has 1 unspecified atom stereocenters. The first-order valence-corrected chi connectivity index (χ1v) is 7.24. The Morgan fingerprint density at radius 1 is 1.47 bits per heavy atom. The third kappa shape index (κ3) is 4.34. The Labute approximate surface area is 116 Å². The third-order valence-corrected chi connectivity index (χ3v) is 3.55. The molecule has 0 radical (unpaired) electrons. The maximum atomic E-state index is 5.60. The second-order valence-electron chi connectivity index (χ2n) is 5.79. The molecule has 1 fully saturated rings. The largest absolute Gasteiger partial charge is 0.468 e. The van der Waals surface area contributed by atoms with Gasteiger partial charge in [-0.2, -0.15) is 0 Å². The van der Waals surface area contributed by atoms with Gasteiger partial charge in [-0.1, -0.05) is 13.8 Å². The number of rotatable bonds is 6. The van der Waals surface area contributed by atoms with Crippen LogP contribution in [0.1, 0.15) is 32.1 Å². The molecule has 0 aromatic carbocycles. The molecule has 1 atom stereocenters. The zero-order chi connectivity index (χ0) is 13.7. The van der Waals surface area contributed by atoms with Crippen molar-refractivity contribution in [3.8, 4) is 0 Å². The van der Waals surface area contributed by atoms with E-state index < -0.39 is 0 Å². The van der Waals surface area contributed by atoms with Crippen LogP contribution in [-0.4, -0.2) is 37.2 Å². The Kier molecular flexibility index (Phi) is 5.43. The molecule has 2 heterocycles. The minimum atomic E-state index is 0.486. The lowest BCUT2D eigenvalue weighted by Crippen LogP contribution is -2.43. The molecular formula is C15H26N2O2. The molecule has 0 saturated carbocycles. The summed E-state index contributed by atoms with van der Waals surface area (Å²) in [6.07, 6.45) is 1.80. The number of morpholine rings is 1. The Morgan fingerprint density at radius 2 is 2.32 bits per heavy atom. The molecule has 0 bridgehead atoms. The van der Waals surface area contributed by atoms with Crippen LogP contribution in [0.2, 0.25) is 0 Å². The molecule has 0 aliphatic carbocycles. The summed E-state index contributed by atoms with van der Waals surface area (Å²) in [5.74, 6) is 1.73. The highest BCUT2D eigenvalue weighted by Crippen LogP contribution is 2.16. The van der Waals surface area contributed by atoms with E-state index in [-0.39, 0.29) is 0 Å². The molecule has 1 saturated heterocycles. The molecular weight excluding hydrogens is 240 g/mol. The summed E-state index contributed by atoms with van der Waals surface area (Å²) in [6, 6.07) is 2.58. The number of furan rings is 1. The van der Waals surface area contributed by atoms with Crippen molar-refractivity contribution in [1.29, 1.82) is 0 Å². The lowest BCUT2D eigenvalue weighted by Gasteiger charge is -2.33. The molecule has 1 aliphatic heterocycles. The quantitative estimate of drug-likeness (QED) is 0.857. The van der Waals surface area contributed by atoms with E-state index in [1.165, 1.54) is 5.56 Å². The lowest BCUT2D eigenvalue weighted by molar-refractivity contribution is -0.00459. The van der Waals surface area contributed by atoms with Crippen LogP contribution >= 0.6 is 0 Å². The van der Waals surface area contributed by atoms with Gasteiger partial charge in [0, 0.05) is 24.7 Å². The summed E-state index contributed by atoms with van der Waals surface area (Å²) < 4.78 is 11.1. The van der Waals surface area contributed by atoms with Crippen LogP contribution in [0.4, 0.5) is 0 Å². The van der Waals surface area contributed by atoms with Crippen LogP contribution in [0, 0.1) is 5.92 Å². The number of nitrogens with zero attached hydrogens (tertiary/aromatic N) is 1.